The zero-order valence-corrected chi connectivity index (χ0v) is 18.0. The van der Waals surface area contributed by atoms with Crippen LogP contribution in [0.3, 0.4) is 0 Å². The lowest BCUT2D eigenvalue weighted by atomic mass is 10.0. The van der Waals surface area contributed by atoms with Crippen LogP contribution in [0.2, 0.25) is 0 Å². The molecule has 0 unspecified atom stereocenters. The van der Waals surface area contributed by atoms with Crippen LogP contribution in [0, 0.1) is 18.6 Å². The molecule has 0 aliphatic heterocycles. The highest BCUT2D eigenvalue weighted by Crippen LogP contribution is 2.26. The van der Waals surface area contributed by atoms with Gasteiger partial charge in [0.1, 0.15) is 11.3 Å². The Kier molecular flexibility index (Phi) is 5.45. The highest BCUT2D eigenvalue weighted by molar-refractivity contribution is 5.92. The van der Waals surface area contributed by atoms with Crippen LogP contribution in [-0.2, 0) is 0 Å². The van der Waals surface area contributed by atoms with Crippen molar-refractivity contribution < 1.29 is 18.0 Å². The Bertz CT molecular complexity index is 1320. The number of fused-ring (bicyclic) bond motifs is 3. The molecule has 32 heavy (non-hydrogen) atoms. The first-order valence-corrected chi connectivity index (χ1v) is 10.0. The molecular formula is C20H22F2N8O2. The predicted molar refractivity (Wildman–Crippen MR) is 111 cm³/mol. The minimum atomic E-state index is -0.815. The van der Waals surface area contributed by atoms with Crippen molar-refractivity contribution in [3.8, 4) is 0 Å². The summed E-state index contributed by atoms with van der Waals surface area (Å²) in [5.74, 6) is -1.33. The minimum absolute atomic E-state index is 0.0440. The van der Waals surface area contributed by atoms with Gasteiger partial charge in [0.2, 0.25) is 11.8 Å². The number of hydrogen-bond donors (Lipinski definition) is 1. The van der Waals surface area contributed by atoms with E-state index in [1.807, 2.05) is 13.8 Å². The van der Waals surface area contributed by atoms with Crippen LogP contribution in [0.1, 0.15) is 55.0 Å². The van der Waals surface area contributed by atoms with Gasteiger partial charge in [-0.05, 0) is 25.8 Å². The van der Waals surface area contributed by atoms with E-state index in [4.69, 9.17) is 10.2 Å². The average Bonchev–Trinajstić information content (AvgIpc) is 3.39. The van der Waals surface area contributed by atoms with E-state index in [9.17, 15) is 13.6 Å². The normalized spacial score (nSPS) is 13.6. The molecule has 0 fully saturated rings. The van der Waals surface area contributed by atoms with Gasteiger partial charge in [0, 0.05) is 32.0 Å². The first kappa shape index (κ1) is 21.5. The Labute approximate surface area is 181 Å². The molecule has 0 bridgehead atoms. The van der Waals surface area contributed by atoms with E-state index in [0.717, 1.165) is 12.1 Å². The van der Waals surface area contributed by atoms with Gasteiger partial charge in [0.25, 0.3) is 0 Å². The standard InChI is InChI=1S/C20H22F2N8O2/c1-9(5-6-10(2)29(4)19(31)18-27-26-11(3)32-18)16-25-17-13-7-12(21)8-14(22)15(13)24-20(23)30(17)28-16/h7-10H,5-6H2,1-4H3,(H2,23,24)/t9-,10-/m0/s1. The van der Waals surface area contributed by atoms with Gasteiger partial charge in [0.15, 0.2) is 17.3 Å². The molecule has 2 N–H and O–H groups in total. The lowest BCUT2D eigenvalue weighted by molar-refractivity contribution is 0.0692. The highest BCUT2D eigenvalue weighted by atomic mass is 19.1. The number of halogens is 2. The summed E-state index contributed by atoms with van der Waals surface area (Å²) in [5.41, 5.74) is 6.09. The fourth-order valence-electron chi connectivity index (χ4n) is 3.43. The summed E-state index contributed by atoms with van der Waals surface area (Å²) in [4.78, 5) is 22.5. The molecular weight excluding hydrogens is 422 g/mol. The summed E-state index contributed by atoms with van der Waals surface area (Å²) >= 11 is 0. The predicted octanol–water partition coefficient (Wildman–Crippen LogP) is 2.87. The van der Waals surface area contributed by atoms with Gasteiger partial charge >= 0.3 is 11.8 Å². The summed E-state index contributed by atoms with van der Waals surface area (Å²) in [7, 11) is 1.67. The summed E-state index contributed by atoms with van der Waals surface area (Å²) in [6.07, 6.45) is 1.29. The van der Waals surface area contributed by atoms with E-state index in [2.05, 4.69) is 25.3 Å². The van der Waals surface area contributed by atoms with E-state index in [1.54, 1.807) is 14.0 Å². The SMILES string of the molecule is Cc1nnc(C(=O)N(C)[C@@H](C)CC[C@H](C)c2nc3c4cc(F)cc(F)c4nc(N)n3n2)o1. The fraction of sp³-hybridized carbons (Fsp3) is 0.400. The van der Waals surface area contributed by atoms with Crippen LogP contribution in [0.4, 0.5) is 14.7 Å². The second-order valence-electron chi connectivity index (χ2n) is 7.83. The third kappa shape index (κ3) is 3.83. The van der Waals surface area contributed by atoms with Gasteiger partial charge in [-0.2, -0.15) is 4.52 Å². The third-order valence-corrected chi connectivity index (χ3v) is 5.48. The number of rotatable bonds is 6. The van der Waals surface area contributed by atoms with Crippen molar-refractivity contribution in [2.75, 3.05) is 12.8 Å². The highest BCUT2D eigenvalue weighted by Gasteiger charge is 2.24. The van der Waals surface area contributed by atoms with E-state index < -0.39 is 11.6 Å². The summed E-state index contributed by atoms with van der Waals surface area (Å²) in [6, 6.07) is 1.79. The van der Waals surface area contributed by atoms with Crippen molar-refractivity contribution in [2.45, 2.75) is 45.6 Å². The number of nitrogens with two attached hydrogens (primary N) is 1. The average molecular weight is 444 g/mol. The van der Waals surface area contributed by atoms with Crippen LogP contribution < -0.4 is 5.73 Å². The van der Waals surface area contributed by atoms with Crippen LogP contribution in [0.15, 0.2) is 16.5 Å². The Morgan fingerprint density at radius 1 is 1.22 bits per heavy atom. The topological polar surface area (TPSA) is 128 Å². The molecule has 3 heterocycles. The fourth-order valence-corrected chi connectivity index (χ4v) is 3.43. The number of nitrogen functional groups attached to an aromatic ring is 1. The zero-order valence-electron chi connectivity index (χ0n) is 18.0. The number of anilines is 1. The molecule has 0 saturated heterocycles. The maximum atomic E-state index is 14.1. The molecule has 0 saturated carbocycles. The van der Waals surface area contributed by atoms with Crippen molar-refractivity contribution in [3.63, 3.8) is 0 Å². The number of hydrogen-bond acceptors (Lipinski definition) is 8. The Morgan fingerprint density at radius 2 is 1.97 bits per heavy atom. The number of aryl methyl sites for hydroxylation is 1. The van der Waals surface area contributed by atoms with Crippen LogP contribution in [0.25, 0.3) is 16.6 Å². The number of benzene rings is 1. The second kappa shape index (κ2) is 8.09. The minimum Gasteiger partial charge on any atom is -0.417 e. The lowest BCUT2D eigenvalue weighted by Crippen LogP contribution is -2.35. The number of carbonyl (C=O) groups is 1. The molecule has 0 spiro atoms. The summed E-state index contributed by atoms with van der Waals surface area (Å²) < 4.78 is 34.4. The van der Waals surface area contributed by atoms with Crippen molar-refractivity contribution in [2.24, 2.45) is 0 Å². The lowest BCUT2D eigenvalue weighted by Gasteiger charge is -2.24. The van der Waals surface area contributed by atoms with Gasteiger partial charge < -0.3 is 15.1 Å². The first-order chi connectivity index (χ1) is 15.2. The molecule has 10 nitrogen and oxygen atoms in total. The van der Waals surface area contributed by atoms with E-state index in [0.29, 0.717) is 24.6 Å². The molecule has 0 aliphatic carbocycles. The number of nitrogens with zero attached hydrogens (tertiary/aromatic N) is 7. The van der Waals surface area contributed by atoms with E-state index in [1.165, 1.54) is 9.42 Å². The monoisotopic (exact) mass is 444 g/mol. The molecule has 0 aliphatic rings. The summed E-state index contributed by atoms with van der Waals surface area (Å²) in [6.45, 7) is 5.45. The Balaban J connectivity index is 1.52. The smallest absolute Gasteiger partial charge is 0.311 e. The van der Waals surface area contributed by atoms with Crippen molar-refractivity contribution >= 4 is 28.4 Å². The van der Waals surface area contributed by atoms with Crippen molar-refractivity contribution in [3.05, 3.63) is 41.4 Å². The molecule has 0 radical (unpaired) electrons. The number of carbonyl (C=O) groups excluding carboxylic acids is 1. The molecule has 1 aromatic carbocycles. The number of aromatic nitrogens is 6. The Hall–Kier alpha value is -3.70. The van der Waals surface area contributed by atoms with Gasteiger partial charge in [-0.25, -0.2) is 18.7 Å². The van der Waals surface area contributed by atoms with E-state index >= 15 is 0 Å². The molecule has 4 aromatic rings. The zero-order chi connectivity index (χ0) is 23.2. The molecule has 168 valence electrons. The van der Waals surface area contributed by atoms with Gasteiger partial charge in [-0.1, -0.05) is 6.92 Å². The van der Waals surface area contributed by atoms with Crippen molar-refractivity contribution in [1.82, 2.24) is 34.7 Å². The third-order valence-electron chi connectivity index (χ3n) is 5.48. The van der Waals surface area contributed by atoms with Gasteiger partial charge in [-0.15, -0.1) is 15.3 Å². The van der Waals surface area contributed by atoms with Gasteiger partial charge in [0.05, 0.1) is 5.39 Å². The van der Waals surface area contributed by atoms with E-state index in [-0.39, 0.29) is 46.3 Å². The maximum Gasteiger partial charge on any atom is 0.311 e. The van der Waals surface area contributed by atoms with Gasteiger partial charge in [-0.3, -0.25) is 4.79 Å². The molecule has 4 rings (SSSR count). The maximum absolute atomic E-state index is 14.1. The molecule has 1 amide bonds. The largest absolute Gasteiger partial charge is 0.417 e. The molecule has 2 atom stereocenters. The summed E-state index contributed by atoms with van der Waals surface area (Å²) in [5, 5.41) is 12.0. The molecule has 12 heteroatoms. The van der Waals surface area contributed by atoms with Crippen LogP contribution in [-0.4, -0.2) is 53.7 Å². The number of amides is 1. The Morgan fingerprint density at radius 3 is 2.66 bits per heavy atom. The second-order valence-corrected chi connectivity index (χ2v) is 7.83. The van der Waals surface area contributed by atoms with Crippen LogP contribution in [0.5, 0.6) is 0 Å². The van der Waals surface area contributed by atoms with Crippen molar-refractivity contribution in [1.29, 1.82) is 0 Å². The molecule has 3 aromatic heterocycles. The van der Waals surface area contributed by atoms with Crippen LogP contribution >= 0.6 is 0 Å². The quantitative estimate of drug-likeness (QED) is 0.481. The first-order valence-electron chi connectivity index (χ1n) is 10.0.